The molecular weight excluding hydrogens is 258 g/mol. The second kappa shape index (κ2) is 5.21. The zero-order valence-electron chi connectivity index (χ0n) is 13.5. The molecule has 0 aliphatic carbocycles. The van der Waals surface area contributed by atoms with Gasteiger partial charge in [0.15, 0.2) is 0 Å². The molecule has 2 heterocycles. The lowest BCUT2D eigenvalue weighted by Crippen LogP contribution is -2.24. The summed E-state index contributed by atoms with van der Waals surface area (Å²) < 4.78 is 2.16. The standard InChI is InChI=1S/C18H25N3/c1-5-15-12-17-19-11-10-16(21(17)20-15)13-6-8-14(9-7-13)18(2,3)4/h6-9,12,16,19H,5,10-11H2,1-4H3. The number of fused-ring (bicyclic) bond motifs is 1. The molecule has 0 saturated carbocycles. The average Bonchev–Trinajstić information content (AvgIpc) is 2.89. The van der Waals surface area contributed by atoms with Crippen LogP contribution >= 0.6 is 0 Å². The molecule has 0 fully saturated rings. The molecule has 0 amide bonds. The Balaban J connectivity index is 1.93. The van der Waals surface area contributed by atoms with Gasteiger partial charge in [-0.1, -0.05) is 52.0 Å². The van der Waals surface area contributed by atoms with Crippen LogP contribution in [0, 0.1) is 0 Å². The Bertz CT molecular complexity index is 617. The Kier molecular flexibility index (Phi) is 3.52. The first-order valence-corrected chi connectivity index (χ1v) is 7.92. The summed E-state index contributed by atoms with van der Waals surface area (Å²) in [7, 11) is 0. The van der Waals surface area contributed by atoms with Gasteiger partial charge in [-0.25, -0.2) is 4.68 Å². The van der Waals surface area contributed by atoms with Crippen molar-refractivity contribution in [1.82, 2.24) is 9.78 Å². The predicted molar refractivity (Wildman–Crippen MR) is 88.0 cm³/mol. The van der Waals surface area contributed by atoms with E-state index in [9.17, 15) is 0 Å². The van der Waals surface area contributed by atoms with Crippen LogP contribution in [0.1, 0.15) is 57.0 Å². The number of rotatable bonds is 2. The maximum absolute atomic E-state index is 4.75. The lowest BCUT2D eigenvalue weighted by molar-refractivity contribution is 0.478. The fourth-order valence-corrected chi connectivity index (χ4v) is 2.96. The van der Waals surface area contributed by atoms with Gasteiger partial charge in [0.25, 0.3) is 0 Å². The van der Waals surface area contributed by atoms with E-state index in [1.54, 1.807) is 0 Å². The van der Waals surface area contributed by atoms with Crippen molar-refractivity contribution in [1.29, 1.82) is 0 Å². The summed E-state index contributed by atoms with van der Waals surface area (Å²) >= 11 is 0. The highest BCUT2D eigenvalue weighted by Gasteiger charge is 2.23. The van der Waals surface area contributed by atoms with Gasteiger partial charge in [-0.2, -0.15) is 5.10 Å². The molecule has 0 saturated heterocycles. The topological polar surface area (TPSA) is 29.9 Å². The molecular formula is C18H25N3. The molecule has 2 aromatic rings. The van der Waals surface area contributed by atoms with Crippen LogP contribution in [-0.2, 0) is 11.8 Å². The van der Waals surface area contributed by atoms with Crippen LogP contribution in [0.3, 0.4) is 0 Å². The minimum absolute atomic E-state index is 0.207. The zero-order valence-corrected chi connectivity index (χ0v) is 13.5. The Morgan fingerprint density at radius 2 is 1.95 bits per heavy atom. The van der Waals surface area contributed by atoms with E-state index in [0.29, 0.717) is 6.04 Å². The SMILES string of the molecule is CCc1cc2n(n1)C(c1ccc(C(C)(C)C)cc1)CCN2. The van der Waals surface area contributed by atoms with E-state index >= 15 is 0 Å². The van der Waals surface area contributed by atoms with E-state index in [2.05, 4.69) is 68.0 Å². The van der Waals surface area contributed by atoms with Crippen molar-refractivity contribution in [2.45, 2.75) is 52.0 Å². The first-order chi connectivity index (χ1) is 9.99. The van der Waals surface area contributed by atoms with Crippen molar-refractivity contribution in [2.75, 3.05) is 11.9 Å². The van der Waals surface area contributed by atoms with E-state index in [1.807, 2.05) is 0 Å². The van der Waals surface area contributed by atoms with Gasteiger partial charge < -0.3 is 5.32 Å². The highest BCUT2D eigenvalue weighted by atomic mass is 15.4. The van der Waals surface area contributed by atoms with Crippen molar-refractivity contribution in [3.8, 4) is 0 Å². The van der Waals surface area contributed by atoms with Gasteiger partial charge in [-0.15, -0.1) is 0 Å². The van der Waals surface area contributed by atoms with E-state index < -0.39 is 0 Å². The number of anilines is 1. The van der Waals surface area contributed by atoms with Gasteiger partial charge in [0.05, 0.1) is 11.7 Å². The molecule has 1 unspecified atom stereocenters. The highest BCUT2D eigenvalue weighted by molar-refractivity contribution is 5.42. The van der Waals surface area contributed by atoms with Gasteiger partial charge in [-0.05, 0) is 29.4 Å². The summed E-state index contributed by atoms with van der Waals surface area (Å²) in [6, 6.07) is 11.6. The zero-order chi connectivity index (χ0) is 15.0. The van der Waals surface area contributed by atoms with Crippen LogP contribution < -0.4 is 5.32 Å². The molecule has 3 rings (SSSR count). The van der Waals surface area contributed by atoms with E-state index in [1.165, 1.54) is 11.1 Å². The third-order valence-corrected chi connectivity index (χ3v) is 4.33. The molecule has 1 aromatic carbocycles. The summed E-state index contributed by atoms with van der Waals surface area (Å²) in [6.45, 7) is 9.94. The van der Waals surface area contributed by atoms with Crippen molar-refractivity contribution in [3.05, 3.63) is 47.2 Å². The minimum atomic E-state index is 0.207. The number of aryl methyl sites for hydroxylation is 1. The van der Waals surface area contributed by atoms with Gasteiger partial charge in [0, 0.05) is 12.6 Å². The number of benzene rings is 1. The van der Waals surface area contributed by atoms with E-state index in [-0.39, 0.29) is 5.41 Å². The number of aromatic nitrogens is 2. The Labute approximate surface area is 127 Å². The molecule has 0 spiro atoms. The van der Waals surface area contributed by atoms with E-state index in [4.69, 9.17) is 5.10 Å². The monoisotopic (exact) mass is 283 g/mol. The third-order valence-electron chi connectivity index (χ3n) is 4.33. The largest absolute Gasteiger partial charge is 0.370 e. The van der Waals surface area contributed by atoms with Crippen LogP contribution in [0.4, 0.5) is 5.82 Å². The highest BCUT2D eigenvalue weighted by Crippen LogP contribution is 2.31. The lowest BCUT2D eigenvalue weighted by atomic mass is 9.86. The fraction of sp³-hybridized carbons (Fsp3) is 0.500. The quantitative estimate of drug-likeness (QED) is 0.897. The van der Waals surface area contributed by atoms with Gasteiger partial charge in [0.1, 0.15) is 5.82 Å². The maximum atomic E-state index is 4.75. The number of nitrogens with one attached hydrogen (secondary N) is 1. The predicted octanol–water partition coefficient (Wildman–Crippen LogP) is 4.15. The molecule has 112 valence electrons. The molecule has 1 aliphatic heterocycles. The first-order valence-electron chi connectivity index (χ1n) is 7.92. The molecule has 3 heteroatoms. The van der Waals surface area contributed by atoms with Crippen LogP contribution in [0.5, 0.6) is 0 Å². The molecule has 3 nitrogen and oxygen atoms in total. The van der Waals surface area contributed by atoms with Crippen molar-refractivity contribution < 1.29 is 0 Å². The minimum Gasteiger partial charge on any atom is -0.370 e. The number of hydrogen-bond donors (Lipinski definition) is 1. The molecule has 1 atom stereocenters. The fourth-order valence-electron chi connectivity index (χ4n) is 2.96. The smallest absolute Gasteiger partial charge is 0.125 e. The van der Waals surface area contributed by atoms with Gasteiger partial charge >= 0.3 is 0 Å². The van der Waals surface area contributed by atoms with Crippen molar-refractivity contribution >= 4 is 5.82 Å². The summed E-state index contributed by atoms with van der Waals surface area (Å²) in [5.74, 6) is 1.16. The Morgan fingerprint density at radius 3 is 2.57 bits per heavy atom. The van der Waals surface area contributed by atoms with Crippen LogP contribution in [-0.4, -0.2) is 16.3 Å². The first kappa shape index (κ1) is 14.2. The number of nitrogens with zero attached hydrogens (tertiary/aromatic N) is 2. The summed E-state index contributed by atoms with van der Waals surface area (Å²) in [4.78, 5) is 0. The van der Waals surface area contributed by atoms with Crippen LogP contribution in [0.25, 0.3) is 0 Å². The molecule has 0 bridgehead atoms. The summed E-state index contributed by atoms with van der Waals surface area (Å²) in [5, 5.41) is 8.21. The normalized spacial score (nSPS) is 18.2. The third kappa shape index (κ3) is 2.69. The molecule has 0 radical (unpaired) electrons. The van der Waals surface area contributed by atoms with Crippen molar-refractivity contribution in [2.24, 2.45) is 0 Å². The summed E-state index contributed by atoms with van der Waals surface area (Å²) in [5.41, 5.74) is 4.11. The number of hydrogen-bond acceptors (Lipinski definition) is 2. The Morgan fingerprint density at radius 1 is 1.24 bits per heavy atom. The second-order valence-electron chi connectivity index (χ2n) is 6.92. The van der Waals surface area contributed by atoms with Gasteiger partial charge in [0.2, 0.25) is 0 Å². The van der Waals surface area contributed by atoms with Crippen LogP contribution in [0.15, 0.2) is 30.3 Å². The second-order valence-corrected chi connectivity index (χ2v) is 6.92. The molecule has 1 aliphatic rings. The molecule has 21 heavy (non-hydrogen) atoms. The lowest BCUT2D eigenvalue weighted by Gasteiger charge is -2.27. The van der Waals surface area contributed by atoms with Crippen LogP contribution in [0.2, 0.25) is 0 Å². The summed E-state index contributed by atoms with van der Waals surface area (Å²) in [6.07, 6.45) is 2.07. The van der Waals surface area contributed by atoms with Gasteiger partial charge in [-0.3, -0.25) is 0 Å². The van der Waals surface area contributed by atoms with E-state index in [0.717, 1.165) is 30.9 Å². The molecule has 1 N–H and O–H groups in total. The molecule has 1 aromatic heterocycles. The van der Waals surface area contributed by atoms with Crippen molar-refractivity contribution in [3.63, 3.8) is 0 Å². The average molecular weight is 283 g/mol. The maximum Gasteiger partial charge on any atom is 0.125 e. The Hall–Kier alpha value is -1.77.